The Morgan fingerprint density at radius 3 is 2.62 bits per heavy atom. The third kappa shape index (κ3) is 3.07. The van der Waals surface area contributed by atoms with E-state index in [0.29, 0.717) is 19.4 Å². The highest BCUT2D eigenvalue weighted by atomic mass is 16.3. The molecule has 1 rings (SSSR count). The van der Waals surface area contributed by atoms with Gasteiger partial charge in [-0.05, 0) is 31.9 Å². The molecule has 0 aliphatic rings. The molecule has 3 heteroatoms. The van der Waals surface area contributed by atoms with Crippen molar-refractivity contribution in [1.82, 2.24) is 0 Å². The van der Waals surface area contributed by atoms with Gasteiger partial charge in [0, 0.05) is 25.3 Å². The number of nitrogens with zero attached hydrogens (tertiary/aromatic N) is 1. The van der Waals surface area contributed by atoms with Crippen LogP contribution >= 0.6 is 0 Å². The largest absolute Gasteiger partial charge is 0.396 e. The highest BCUT2D eigenvalue weighted by Gasteiger charge is 2.14. The van der Waals surface area contributed by atoms with Gasteiger partial charge in [0.25, 0.3) is 0 Å². The van der Waals surface area contributed by atoms with Crippen LogP contribution in [0.4, 0.5) is 5.69 Å². The lowest BCUT2D eigenvalue weighted by Crippen LogP contribution is -2.31. The standard InChI is InChI=1S/C13H19NO2/c1-3-14(13(16)9-6-10-15)12-8-5-4-7-11(12)2/h4-5,7-8,15H,3,6,9-10H2,1-2H3. The van der Waals surface area contributed by atoms with Gasteiger partial charge < -0.3 is 10.0 Å². The number of anilines is 1. The number of aliphatic hydroxyl groups is 1. The molecule has 0 spiro atoms. The van der Waals surface area contributed by atoms with Crippen molar-refractivity contribution in [2.45, 2.75) is 26.7 Å². The maximum atomic E-state index is 11.9. The Bertz CT molecular complexity index is 350. The van der Waals surface area contributed by atoms with Crippen molar-refractivity contribution in [3.63, 3.8) is 0 Å². The molecule has 0 aliphatic carbocycles. The lowest BCUT2D eigenvalue weighted by Gasteiger charge is -2.22. The van der Waals surface area contributed by atoms with Crippen molar-refractivity contribution in [2.24, 2.45) is 0 Å². The molecule has 0 atom stereocenters. The summed E-state index contributed by atoms with van der Waals surface area (Å²) in [5, 5.41) is 8.72. The molecule has 0 saturated heterocycles. The number of rotatable bonds is 5. The Kier molecular flexibility index (Phi) is 4.99. The Labute approximate surface area is 96.7 Å². The third-order valence-corrected chi connectivity index (χ3v) is 2.57. The Morgan fingerprint density at radius 1 is 1.38 bits per heavy atom. The van der Waals surface area contributed by atoms with E-state index in [1.165, 1.54) is 0 Å². The van der Waals surface area contributed by atoms with Crippen LogP contribution in [0.15, 0.2) is 24.3 Å². The van der Waals surface area contributed by atoms with E-state index in [-0.39, 0.29) is 12.5 Å². The van der Waals surface area contributed by atoms with E-state index in [1.54, 1.807) is 4.90 Å². The molecule has 3 nitrogen and oxygen atoms in total. The maximum absolute atomic E-state index is 11.9. The van der Waals surface area contributed by atoms with Gasteiger partial charge in [0.1, 0.15) is 0 Å². The van der Waals surface area contributed by atoms with Gasteiger partial charge in [0.15, 0.2) is 0 Å². The molecular formula is C13H19NO2. The first kappa shape index (κ1) is 12.7. The number of benzene rings is 1. The molecule has 0 heterocycles. The summed E-state index contributed by atoms with van der Waals surface area (Å²) >= 11 is 0. The van der Waals surface area contributed by atoms with E-state index in [1.807, 2.05) is 38.1 Å². The Balaban J connectivity index is 2.82. The van der Waals surface area contributed by atoms with Gasteiger partial charge in [0.05, 0.1) is 0 Å². The van der Waals surface area contributed by atoms with E-state index < -0.39 is 0 Å². The van der Waals surface area contributed by atoms with Gasteiger partial charge in [-0.1, -0.05) is 18.2 Å². The van der Waals surface area contributed by atoms with Crippen molar-refractivity contribution >= 4 is 11.6 Å². The van der Waals surface area contributed by atoms with Gasteiger partial charge in [0.2, 0.25) is 5.91 Å². The second-order valence-electron chi connectivity index (χ2n) is 3.75. The van der Waals surface area contributed by atoms with E-state index in [4.69, 9.17) is 5.11 Å². The van der Waals surface area contributed by atoms with Crippen LogP contribution < -0.4 is 4.90 Å². The zero-order valence-corrected chi connectivity index (χ0v) is 9.94. The summed E-state index contributed by atoms with van der Waals surface area (Å²) in [7, 11) is 0. The number of amides is 1. The van der Waals surface area contributed by atoms with Gasteiger partial charge in [-0.15, -0.1) is 0 Å². The van der Waals surface area contributed by atoms with Crippen LogP contribution in [0.2, 0.25) is 0 Å². The summed E-state index contributed by atoms with van der Waals surface area (Å²) in [5.41, 5.74) is 2.06. The molecule has 1 amide bonds. The highest BCUT2D eigenvalue weighted by Crippen LogP contribution is 2.20. The normalized spacial score (nSPS) is 10.2. The fraction of sp³-hybridized carbons (Fsp3) is 0.462. The summed E-state index contributed by atoms with van der Waals surface area (Å²) in [6.45, 7) is 4.69. The summed E-state index contributed by atoms with van der Waals surface area (Å²) in [5.74, 6) is 0.0749. The van der Waals surface area contributed by atoms with Crippen molar-refractivity contribution in [1.29, 1.82) is 0 Å². The van der Waals surface area contributed by atoms with Crippen molar-refractivity contribution in [2.75, 3.05) is 18.1 Å². The molecule has 88 valence electrons. The first-order valence-corrected chi connectivity index (χ1v) is 5.67. The van der Waals surface area contributed by atoms with Crippen LogP contribution in [0.25, 0.3) is 0 Å². The summed E-state index contributed by atoms with van der Waals surface area (Å²) in [6, 6.07) is 7.85. The van der Waals surface area contributed by atoms with Gasteiger partial charge >= 0.3 is 0 Å². The average Bonchev–Trinajstić information content (AvgIpc) is 2.30. The number of carbonyl (C=O) groups is 1. The fourth-order valence-electron chi connectivity index (χ4n) is 1.71. The molecule has 0 bridgehead atoms. The van der Waals surface area contributed by atoms with Crippen molar-refractivity contribution < 1.29 is 9.90 Å². The molecule has 0 unspecified atom stereocenters. The monoisotopic (exact) mass is 221 g/mol. The number of para-hydroxylation sites is 1. The molecular weight excluding hydrogens is 202 g/mol. The lowest BCUT2D eigenvalue weighted by atomic mass is 10.1. The van der Waals surface area contributed by atoms with Crippen LogP contribution in [-0.4, -0.2) is 24.2 Å². The minimum Gasteiger partial charge on any atom is -0.396 e. The molecule has 0 saturated carbocycles. The number of aryl methyl sites for hydroxylation is 1. The maximum Gasteiger partial charge on any atom is 0.227 e. The number of aliphatic hydroxyl groups excluding tert-OH is 1. The minimum absolute atomic E-state index is 0.0665. The van der Waals surface area contributed by atoms with Crippen molar-refractivity contribution in [3.8, 4) is 0 Å². The van der Waals surface area contributed by atoms with E-state index in [2.05, 4.69) is 0 Å². The molecule has 0 radical (unpaired) electrons. The van der Waals surface area contributed by atoms with Crippen LogP contribution in [0.1, 0.15) is 25.3 Å². The Morgan fingerprint density at radius 2 is 2.06 bits per heavy atom. The SMILES string of the molecule is CCN(C(=O)CCCO)c1ccccc1C. The average molecular weight is 221 g/mol. The lowest BCUT2D eigenvalue weighted by molar-refractivity contribution is -0.118. The molecule has 1 N–H and O–H groups in total. The first-order chi connectivity index (χ1) is 7.70. The third-order valence-electron chi connectivity index (χ3n) is 2.57. The number of carbonyl (C=O) groups excluding carboxylic acids is 1. The quantitative estimate of drug-likeness (QED) is 0.827. The topological polar surface area (TPSA) is 40.5 Å². The zero-order valence-electron chi connectivity index (χ0n) is 9.94. The second-order valence-corrected chi connectivity index (χ2v) is 3.75. The summed E-state index contributed by atoms with van der Waals surface area (Å²) < 4.78 is 0. The smallest absolute Gasteiger partial charge is 0.227 e. The first-order valence-electron chi connectivity index (χ1n) is 5.67. The van der Waals surface area contributed by atoms with Crippen molar-refractivity contribution in [3.05, 3.63) is 29.8 Å². The van der Waals surface area contributed by atoms with E-state index >= 15 is 0 Å². The second kappa shape index (κ2) is 6.28. The van der Waals surface area contributed by atoms with Gasteiger partial charge in [-0.2, -0.15) is 0 Å². The number of hydrogen-bond donors (Lipinski definition) is 1. The molecule has 0 aliphatic heterocycles. The van der Waals surface area contributed by atoms with E-state index in [0.717, 1.165) is 11.3 Å². The minimum atomic E-state index is 0.0665. The molecule has 1 aromatic carbocycles. The highest BCUT2D eigenvalue weighted by molar-refractivity contribution is 5.93. The molecule has 1 aromatic rings. The predicted octanol–water partition coefficient (Wildman–Crippen LogP) is 2.12. The van der Waals surface area contributed by atoms with Crippen LogP contribution in [0.5, 0.6) is 0 Å². The predicted molar refractivity (Wildman–Crippen MR) is 65.5 cm³/mol. The molecule has 16 heavy (non-hydrogen) atoms. The summed E-state index contributed by atoms with van der Waals surface area (Å²) in [6.07, 6.45) is 0.930. The van der Waals surface area contributed by atoms with E-state index in [9.17, 15) is 4.79 Å². The van der Waals surface area contributed by atoms with Crippen LogP contribution in [0, 0.1) is 6.92 Å². The van der Waals surface area contributed by atoms with Crippen LogP contribution in [-0.2, 0) is 4.79 Å². The van der Waals surface area contributed by atoms with Crippen LogP contribution in [0.3, 0.4) is 0 Å². The summed E-state index contributed by atoms with van der Waals surface area (Å²) in [4.78, 5) is 13.7. The fourth-order valence-corrected chi connectivity index (χ4v) is 1.71. The molecule has 0 fully saturated rings. The number of hydrogen-bond acceptors (Lipinski definition) is 2. The Hall–Kier alpha value is -1.35. The molecule has 0 aromatic heterocycles. The van der Waals surface area contributed by atoms with Gasteiger partial charge in [-0.25, -0.2) is 0 Å². The zero-order chi connectivity index (χ0) is 12.0. The van der Waals surface area contributed by atoms with Gasteiger partial charge in [-0.3, -0.25) is 4.79 Å².